The fraction of sp³-hybridized carbons (Fsp3) is 0.250. The van der Waals surface area contributed by atoms with E-state index >= 15 is 0 Å². The van der Waals surface area contributed by atoms with E-state index in [2.05, 4.69) is 15.3 Å². The Morgan fingerprint density at radius 1 is 1.22 bits per heavy atom. The summed E-state index contributed by atoms with van der Waals surface area (Å²) < 4.78 is 12.9. The fourth-order valence-corrected chi connectivity index (χ4v) is 2.72. The molecule has 0 fully saturated rings. The molecule has 7 heteroatoms. The minimum Gasteiger partial charge on any atom is -0.351 e. The van der Waals surface area contributed by atoms with Crippen LogP contribution in [0.15, 0.2) is 53.3 Å². The maximum absolute atomic E-state index is 12.9. The van der Waals surface area contributed by atoms with Crippen LogP contribution in [0.5, 0.6) is 0 Å². The van der Waals surface area contributed by atoms with Gasteiger partial charge in [-0.3, -0.25) is 14.5 Å². The average molecular weight is 368 g/mol. The molecule has 0 aliphatic heterocycles. The molecule has 0 saturated carbocycles. The summed E-state index contributed by atoms with van der Waals surface area (Å²) in [5.41, 5.74) is 1.25. The molecule has 27 heavy (non-hydrogen) atoms. The number of para-hydroxylation sites is 1. The van der Waals surface area contributed by atoms with Gasteiger partial charge in [0.2, 0.25) is 5.91 Å². The molecule has 1 aromatic heterocycles. The molecule has 1 atom stereocenters. The highest BCUT2D eigenvalue weighted by Gasteiger charge is 2.19. The number of rotatable bonds is 6. The molecule has 3 rings (SSSR count). The van der Waals surface area contributed by atoms with E-state index < -0.39 is 6.04 Å². The summed E-state index contributed by atoms with van der Waals surface area (Å²) in [4.78, 5) is 33.5. The van der Waals surface area contributed by atoms with Crippen LogP contribution in [0.1, 0.15) is 18.3 Å². The molecule has 1 amide bonds. The van der Waals surface area contributed by atoms with Crippen LogP contribution >= 0.6 is 0 Å². The first kappa shape index (κ1) is 18.7. The first-order valence-electron chi connectivity index (χ1n) is 8.64. The van der Waals surface area contributed by atoms with Crippen LogP contribution in [0.4, 0.5) is 4.39 Å². The number of nitrogens with one attached hydrogen (secondary N) is 2. The Morgan fingerprint density at radius 2 is 1.93 bits per heavy atom. The van der Waals surface area contributed by atoms with E-state index in [1.54, 1.807) is 49.2 Å². The molecule has 140 valence electrons. The maximum Gasteiger partial charge on any atom is 0.258 e. The van der Waals surface area contributed by atoms with Crippen molar-refractivity contribution in [1.82, 2.24) is 20.2 Å². The summed E-state index contributed by atoms with van der Waals surface area (Å²) in [5.74, 6) is 0.0272. The van der Waals surface area contributed by atoms with Gasteiger partial charge < -0.3 is 10.3 Å². The molecule has 0 radical (unpaired) electrons. The predicted octanol–water partition coefficient (Wildman–Crippen LogP) is 2.20. The first-order chi connectivity index (χ1) is 12.9. The fourth-order valence-electron chi connectivity index (χ4n) is 2.72. The van der Waals surface area contributed by atoms with Gasteiger partial charge in [-0.25, -0.2) is 9.37 Å². The molecular weight excluding hydrogens is 347 g/mol. The van der Waals surface area contributed by atoms with Crippen molar-refractivity contribution in [2.75, 3.05) is 7.05 Å². The molecular formula is C20H21FN4O2. The second-order valence-electron chi connectivity index (χ2n) is 6.47. The summed E-state index contributed by atoms with van der Waals surface area (Å²) in [7, 11) is 1.79. The smallest absolute Gasteiger partial charge is 0.258 e. The van der Waals surface area contributed by atoms with Gasteiger partial charge in [0.15, 0.2) is 0 Å². The lowest BCUT2D eigenvalue weighted by Crippen LogP contribution is -2.43. The lowest BCUT2D eigenvalue weighted by atomic mass is 10.2. The van der Waals surface area contributed by atoms with Crippen molar-refractivity contribution in [3.8, 4) is 0 Å². The minimum absolute atomic E-state index is 0.162. The number of hydrogen-bond donors (Lipinski definition) is 2. The van der Waals surface area contributed by atoms with E-state index in [1.165, 1.54) is 12.1 Å². The average Bonchev–Trinajstić information content (AvgIpc) is 2.66. The largest absolute Gasteiger partial charge is 0.351 e. The molecule has 0 aliphatic carbocycles. The third-order valence-electron chi connectivity index (χ3n) is 4.48. The number of aromatic amines is 1. The van der Waals surface area contributed by atoms with Crippen molar-refractivity contribution in [1.29, 1.82) is 0 Å². The molecule has 2 N–H and O–H groups in total. The Kier molecular flexibility index (Phi) is 5.61. The highest BCUT2D eigenvalue weighted by molar-refractivity contribution is 5.81. The molecule has 0 spiro atoms. The van der Waals surface area contributed by atoms with Crippen LogP contribution < -0.4 is 10.9 Å². The number of carbonyl (C=O) groups is 1. The van der Waals surface area contributed by atoms with Crippen LogP contribution in [0.3, 0.4) is 0 Å². The number of amides is 1. The zero-order valence-corrected chi connectivity index (χ0v) is 15.2. The standard InChI is InChI=1S/C20H21FN4O2/c1-13(19(26)22-11-14-7-9-15(21)10-8-14)25(2)12-18-23-17-6-4-3-5-16(17)20(27)24-18/h3-10,13H,11-12H2,1-2H3,(H,22,26)(H,23,24,27)/t13-/m1/s1. The Bertz CT molecular complexity index is 1000. The third-order valence-corrected chi connectivity index (χ3v) is 4.48. The summed E-state index contributed by atoms with van der Waals surface area (Å²) in [6.45, 7) is 2.42. The summed E-state index contributed by atoms with van der Waals surface area (Å²) in [6, 6.07) is 12.7. The van der Waals surface area contributed by atoms with Crippen molar-refractivity contribution in [2.24, 2.45) is 0 Å². The number of hydrogen-bond acceptors (Lipinski definition) is 4. The molecule has 6 nitrogen and oxygen atoms in total. The van der Waals surface area contributed by atoms with E-state index in [0.29, 0.717) is 29.8 Å². The quantitative estimate of drug-likeness (QED) is 0.699. The van der Waals surface area contributed by atoms with Crippen LogP contribution in [0, 0.1) is 5.82 Å². The second kappa shape index (κ2) is 8.09. The maximum atomic E-state index is 12.9. The van der Waals surface area contributed by atoms with Crippen molar-refractivity contribution in [3.05, 3.63) is 76.1 Å². The molecule has 0 saturated heterocycles. The van der Waals surface area contributed by atoms with Crippen LogP contribution in [-0.4, -0.2) is 33.9 Å². The Balaban J connectivity index is 1.62. The van der Waals surface area contributed by atoms with Crippen LogP contribution in [0.25, 0.3) is 10.9 Å². The van der Waals surface area contributed by atoms with Gasteiger partial charge in [0, 0.05) is 6.54 Å². The number of fused-ring (bicyclic) bond motifs is 1. The van der Waals surface area contributed by atoms with Gasteiger partial charge in [0.1, 0.15) is 11.6 Å². The highest BCUT2D eigenvalue weighted by atomic mass is 19.1. The van der Waals surface area contributed by atoms with Crippen molar-refractivity contribution in [3.63, 3.8) is 0 Å². The molecule has 2 aromatic carbocycles. The van der Waals surface area contributed by atoms with E-state index in [9.17, 15) is 14.0 Å². The van der Waals surface area contributed by atoms with E-state index in [1.807, 2.05) is 6.07 Å². The van der Waals surface area contributed by atoms with E-state index in [-0.39, 0.29) is 17.3 Å². The van der Waals surface area contributed by atoms with Gasteiger partial charge in [-0.05, 0) is 43.8 Å². The number of halogens is 1. The number of carbonyl (C=O) groups excluding carboxylic acids is 1. The van der Waals surface area contributed by atoms with Crippen molar-refractivity contribution in [2.45, 2.75) is 26.1 Å². The van der Waals surface area contributed by atoms with E-state index in [4.69, 9.17) is 0 Å². The topological polar surface area (TPSA) is 78.1 Å². The summed E-state index contributed by atoms with van der Waals surface area (Å²) in [5, 5.41) is 3.37. The molecule has 0 bridgehead atoms. The number of likely N-dealkylation sites (N-methyl/N-ethyl adjacent to an activating group) is 1. The monoisotopic (exact) mass is 368 g/mol. The predicted molar refractivity (Wildman–Crippen MR) is 102 cm³/mol. The van der Waals surface area contributed by atoms with Gasteiger partial charge in [-0.2, -0.15) is 0 Å². The van der Waals surface area contributed by atoms with Crippen molar-refractivity contribution < 1.29 is 9.18 Å². The lowest BCUT2D eigenvalue weighted by molar-refractivity contribution is -0.125. The van der Waals surface area contributed by atoms with Crippen LogP contribution in [-0.2, 0) is 17.9 Å². The number of nitrogens with zero attached hydrogens (tertiary/aromatic N) is 2. The van der Waals surface area contributed by atoms with Gasteiger partial charge in [-0.1, -0.05) is 24.3 Å². The number of benzene rings is 2. The normalized spacial score (nSPS) is 12.3. The van der Waals surface area contributed by atoms with Gasteiger partial charge in [0.25, 0.3) is 5.56 Å². The SMILES string of the molecule is C[C@H](C(=O)NCc1ccc(F)cc1)N(C)Cc1nc2ccccc2c(=O)[nH]1. The zero-order valence-electron chi connectivity index (χ0n) is 15.2. The molecule has 0 aliphatic rings. The van der Waals surface area contributed by atoms with Gasteiger partial charge in [0.05, 0.1) is 23.5 Å². The first-order valence-corrected chi connectivity index (χ1v) is 8.64. The van der Waals surface area contributed by atoms with Gasteiger partial charge >= 0.3 is 0 Å². The lowest BCUT2D eigenvalue weighted by Gasteiger charge is -2.23. The van der Waals surface area contributed by atoms with Crippen molar-refractivity contribution >= 4 is 16.8 Å². The number of H-pyrrole nitrogens is 1. The molecule has 0 unspecified atom stereocenters. The second-order valence-corrected chi connectivity index (χ2v) is 6.47. The Morgan fingerprint density at radius 3 is 2.67 bits per heavy atom. The van der Waals surface area contributed by atoms with Crippen LogP contribution in [0.2, 0.25) is 0 Å². The summed E-state index contributed by atoms with van der Waals surface area (Å²) in [6.07, 6.45) is 0. The summed E-state index contributed by atoms with van der Waals surface area (Å²) >= 11 is 0. The molecule has 1 heterocycles. The highest BCUT2D eigenvalue weighted by Crippen LogP contribution is 2.08. The van der Waals surface area contributed by atoms with Gasteiger partial charge in [-0.15, -0.1) is 0 Å². The molecule has 3 aromatic rings. The minimum atomic E-state index is -0.428. The Labute approximate surface area is 156 Å². The third kappa shape index (κ3) is 4.57. The Hall–Kier alpha value is -3.06. The number of aromatic nitrogens is 2. The van der Waals surface area contributed by atoms with E-state index in [0.717, 1.165) is 5.56 Å². The zero-order chi connectivity index (χ0) is 19.4.